The zero-order chi connectivity index (χ0) is 22.6. The van der Waals surface area contributed by atoms with Gasteiger partial charge in [-0.15, -0.1) is 5.10 Å². The lowest BCUT2D eigenvalue weighted by atomic mass is 9.96. The van der Waals surface area contributed by atoms with Gasteiger partial charge in [0.05, 0.1) is 12.3 Å². The Bertz CT molecular complexity index is 1240. The van der Waals surface area contributed by atoms with Crippen molar-refractivity contribution in [3.63, 3.8) is 0 Å². The third-order valence-electron chi connectivity index (χ3n) is 6.58. The second-order valence-electron chi connectivity index (χ2n) is 8.60. The summed E-state index contributed by atoms with van der Waals surface area (Å²) in [6.07, 6.45) is 4.90. The van der Waals surface area contributed by atoms with Crippen LogP contribution < -0.4 is 5.73 Å². The maximum atomic E-state index is 13.2. The smallest absolute Gasteiger partial charge is 0.345 e. The molecule has 0 spiro atoms. The van der Waals surface area contributed by atoms with Crippen molar-refractivity contribution < 1.29 is 14.3 Å². The molecule has 5 rings (SSSR count). The first-order valence-corrected chi connectivity index (χ1v) is 11.2. The van der Waals surface area contributed by atoms with E-state index >= 15 is 0 Å². The number of carbonyl (C=O) groups excluding carboxylic acids is 2. The number of aromatic nitrogens is 3. The van der Waals surface area contributed by atoms with E-state index in [9.17, 15) is 9.59 Å². The molecule has 2 aromatic heterocycles. The molecular weight excluding hydrogens is 406 g/mol. The van der Waals surface area contributed by atoms with Crippen LogP contribution in [0.5, 0.6) is 0 Å². The van der Waals surface area contributed by atoms with Gasteiger partial charge in [0.2, 0.25) is 0 Å². The van der Waals surface area contributed by atoms with Crippen LogP contribution in [0.4, 0.5) is 5.82 Å². The van der Waals surface area contributed by atoms with Crippen molar-refractivity contribution >= 4 is 23.3 Å². The van der Waals surface area contributed by atoms with Crippen LogP contribution in [-0.2, 0) is 17.7 Å². The van der Waals surface area contributed by atoms with Crippen LogP contribution >= 0.6 is 0 Å². The lowest BCUT2D eigenvalue weighted by Gasteiger charge is -2.24. The highest BCUT2D eigenvalue weighted by molar-refractivity contribution is 6.02. The van der Waals surface area contributed by atoms with Crippen molar-refractivity contribution in [2.24, 2.45) is 5.92 Å². The fourth-order valence-corrected chi connectivity index (χ4v) is 4.66. The number of hydrogen-bond acceptors (Lipinski definition) is 6. The SMILES string of the molecule is CCOC(=O)c1c(N)nn2ccc(-c3cc(CC)c4c(c3)CN([C@@H](C)C3CC3)C4=O)nc12. The maximum absolute atomic E-state index is 13.2. The maximum Gasteiger partial charge on any atom is 0.345 e. The topological polar surface area (TPSA) is 103 Å². The minimum Gasteiger partial charge on any atom is -0.462 e. The van der Waals surface area contributed by atoms with Crippen LogP contribution in [0.15, 0.2) is 24.4 Å². The monoisotopic (exact) mass is 433 g/mol. The number of benzene rings is 1. The molecule has 1 aliphatic heterocycles. The quantitative estimate of drug-likeness (QED) is 0.597. The van der Waals surface area contributed by atoms with Gasteiger partial charge in [0.25, 0.3) is 5.91 Å². The number of carbonyl (C=O) groups is 2. The van der Waals surface area contributed by atoms with Crippen molar-refractivity contribution in [3.8, 4) is 11.3 Å². The minimum atomic E-state index is -0.539. The number of rotatable bonds is 6. The van der Waals surface area contributed by atoms with Gasteiger partial charge in [-0.2, -0.15) is 0 Å². The van der Waals surface area contributed by atoms with Crippen molar-refractivity contribution in [1.82, 2.24) is 19.5 Å². The Labute approximate surface area is 186 Å². The number of nitrogen functional groups attached to an aromatic ring is 1. The zero-order valence-corrected chi connectivity index (χ0v) is 18.6. The summed E-state index contributed by atoms with van der Waals surface area (Å²) >= 11 is 0. The van der Waals surface area contributed by atoms with Crippen molar-refractivity contribution in [3.05, 3.63) is 46.6 Å². The van der Waals surface area contributed by atoms with E-state index in [0.717, 1.165) is 28.7 Å². The molecule has 1 aliphatic carbocycles. The average Bonchev–Trinajstić information content (AvgIpc) is 3.50. The summed E-state index contributed by atoms with van der Waals surface area (Å²) in [6.45, 7) is 6.83. The van der Waals surface area contributed by atoms with E-state index in [4.69, 9.17) is 15.5 Å². The van der Waals surface area contributed by atoms with E-state index in [1.54, 1.807) is 13.1 Å². The lowest BCUT2D eigenvalue weighted by molar-refractivity contribution is 0.0529. The fraction of sp³-hybridized carbons (Fsp3) is 0.417. The molecule has 1 aromatic carbocycles. The molecule has 1 atom stereocenters. The van der Waals surface area contributed by atoms with Gasteiger partial charge in [-0.05, 0) is 68.4 Å². The normalized spacial score (nSPS) is 16.5. The first kappa shape index (κ1) is 20.5. The Morgan fingerprint density at radius 2 is 2.09 bits per heavy atom. The summed E-state index contributed by atoms with van der Waals surface area (Å²) in [6, 6.07) is 6.19. The summed E-state index contributed by atoms with van der Waals surface area (Å²) in [4.78, 5) is 32.3. The van der Waals surface area contributed by atoms with E-state index in [1.807, 2.05) is 17.0 Å². The molecule has 1 amide bonds. The van der Waals surface area contributed by atoms with Crippen molar-refractivity contribution in [1.29, 1.82) is 0 Å². The summed E-state index contributed by atoms with van der Waals surface area (Å²) in [7, 11) is 0. The van der Waals surface area contributed by atoms with E-state index in [1.165, 1.54) is 17.4 Å². The third kappa shape index (κ3) is 3.21. The average molecular weight is 434 g/mol. The van der Waals surface area contributed by atoms with Crippen molar-refractivity contribution in [2.45, 2.75) is 52.6 Å². The molecule has 3 heterocycles. The van der Waals surface area contributed by atoms with Crippen LogP contribution in [0.25, 0.3) is 16.9 Å². The summed E-state index contributed by atoms with van der Waals surface area (Å²) in [5.74, 6) is 0.310. The van der Waals surface area contributed by atoms with E-state index in [0.29, 0.717) is 23.8 Å². The number of ether oxygens (including phenoxy) is 1. The molecule has 8 nitrogen and oxygen atoms in total. The Balaban J connectivity index is 1.57. The molecular formula is C24H27N5O3. The van der Waals surface area contributed by atoms with Crippen molar-refractivity contribution in [2.75, 3.05) is 12.3 Å². The molecule has 0 radical (unpaired) electrons. The molecule has 0 bridgehead atoms. The Morgan fingerprint density at radius 1 is 1.31 bits per heavy atom. The minimum absolute atomic E-state index is 0.0894. The first-order chi connectivity index (χ1) is 15.4. The molecule has 0 unspecified atom stereocenters. The molecule has 2 aliphatic rings. The number of amides is 1. The van der Waals surface area contributed by atoms with Gasteiger partial charge in [0.15, 0.2) is 11.5 Å². The fourth-order valence-electron chi connectivity index (χ4n) is 4.66. The van der Waals surface area contributed by atoms with Gasteiger partial charge in [-0.3, -0.25) is 4.79 Å². The summed E-state index contributed by atoms with van der Waals surface area (Å²) in [5, 5.41) is 4.18. The number of nitrogens with two attached hydrogens (primary N) is 1. The molecule has 2 N–H and O–H groups in total. The molecule has 166 valence electrons. The molecule has 3 aromatic rings. The van der Waals surface area contributed by atoms with Gasteiger partial charge >= 0.3 is 5.97 Å². The number of hydrogen-bond donors (Lipinski definition) is 1. The largest absolute Gasteiger partial charge is 0.462 e. The highest BCUT2D eigenvalue weighted by atomic mass is 16.5. The highest BCUT2D eigenvalue weighted by Gasteiger charge is 2.39. The molecule has 8 heteroatoms. The zero-order valence-electron chi connectivity index (χ0n) is 18.6. The van der Waals surface area contributed by atoms with E-state index in [-0.39, 0.29) is 29.9 Å². The van der Waals surface area contributed by atoms with Crippen LogP contribution in [0, 0.1) is 5.92 Å². The third-order valence-corrected chi connectivity index (χ3v) is 6.58. The lowest BCUT2D eigenvalue weighted by Crippen LogP contribution is -2.34. The van der Waals surface area contributed by atoms with E-state index in [2.05, 4.69) is 25.0 Å². The molecule has 1 fully saturated rings. The Hall–Kier alpha value is -3.42. The number of aryl methyl sites for hydroxylation is 1. The summed E-state index contributed by atoms with van der Waals surface area (Å²) < 4.78 is 6.62. The van der Waals surface area contributed by atoms with Gasteiger partial charge in [0, 0.05) is 29.9 Å². The Kier molecular flexibility index (Phi) is 4.87. The number of nitrogens with zero attached hydrogens (tertiary/aromatic N) is 4. The van der Waals surface area contributed by atoms with Crippen LogP contribution in [0.3, 0.4) is 0 Å². The van der Waals surface area contributed by atoms with Crippen LogP contribution in [0.2, 0.25) is 0 Å². The van der Waals surface area contributed by atoms with E-state index < -0.39 is 5.97 Å². The second-order valence-corrected chi connectivity index (χ2v) is 8.60. The second kappa shape index (κ2) is 7.62. The van der Waals surface area contributed by atoms with Crippen LogP contribution in [-0.4, -0.2) is 44.0 Å². The molecule has 32 heavy (non-hydrogen) atoms. The number of fused-ring (bicyclic) bond motifs is 2. The standard InChI is InChI=1S/C24H27N5O3/c1-4-14-10-16(11-17-12-28(23(30)19(14)17)13(3)15-6-7-15)18-8-9-29-22(26-18)20(21(25)27-29)24(31)32-5-2/h8-11,13,15H,4-7,12H2,1-3H3,(H2,25,27)/t13-/m0/s1. The Morgan fingerprint density at radius 3 is 2.78 bits per heavy atom. The van der Waals surface area contributed by atoms with Gasteiger partial charge in [-0.25, -0.2) is 14.3 Å². The van der Waals surface area contributed by atoms with Gasteiger partial charge in [-0.1, -0.05) is 6.92 Å². The predicted octanol–water partition coefficient (Wildman–Crippen LogP) is 3.47. The number of anilines is 1. The molecule has 1 saturated carbocycles. The van der Waals surface area contributed by atoms with Crippen LogP contribution in [0.1, 0.15) is 65.5 Å². The number of esters is 1. The molecule has 0 saturated heterocycles. The van der Waals surface area contributed by atoms with Gasteiger partial charge in [0.1, 0.15) is 5.56 Å². The highest BCUT2D eigenvalue weighted by Crippen LogP contribution is 2.40. The summed E-state index contributed by atoms with van der Waals surface area (Å²) in [5.41, 5.74) is 11.0. The van der Waals surface area contributed by atoms with Gasteiger partial charge < -0.3 is 15.4 Å². The predicted molar refractivity (Wildman–Crippen MR) is 120 cm³/mol. The first-order valence-electron chi connectivity index (χ1n) is 11.2.